The van der Waals surface area contributed by atoms with Gasteiger partial charge >= 0.3 is 0 Å². The van der Waals surface area contributed by atoms with Gasteiger partial charge in [0.1, 0.15) is 23.6 Å². The monoisotopic (exact) mass is 336 g/mol. The zero-order valence-corrected chi connectivity index (χ0v) is 14.3. The third-order valence-corrected chi connectivity index (χ3v) is 4.29. The largest absolute Gasteiger partial charge is 0.464 e. The van der Waals surface area contributed by atoms with Crippen LogP contribution >= 0.6 is 11.8 Å². The summed E-state index contributed by atoms with van der Waals surface area (Å²) < 4.78 is 7.51. The highest BCUT2D eigenvalue weighted by atomic mass is 32.2. The lowest BCUT2D eigenvalue weighted by Crippen LogP contribution is -1.99. The molecule has 0 unspecified atom stereocenters. The molecule has 0 aliphatic carbocycles. The minimum absolute atomic E-state index is 0.268. The maximum absolute atomic E-state index is 9.13. The van der Waals surface area contributed by atoms with E-state index in [-0.39, 0.29) is 5.70 Å². The lowest BCUT2D eigenvalue weighted by atomic mass is 10.1. The minimum atomic E-state index is 0.268. The van der Waals surface area contributed by atoms with Crippen molar-refractivity contribution in [1.29, 1.82) is 5.26 Å². The fourth-order valence-electron chi connectivity index (χ4n) is 2.63. The summed E-state index contributed by atoms with van der Waals surface area (Å²) in [6.07, 6.45) is 5.46. The molecule has 24 heavy (non-hydrogen) atoms. The number of thioether (sulfide) groups is 1. The van der Waals surface area contributed by atoms with Gasteiger partial charge in [0.2, 0.25) is 0 Å². The standard InChI is InChI=1S/C18H16N4OS/c1-12-16(8-13(9-19)20-2)22(11-24-3)21-18(12)15-10-23-17-7-5-4-6-14(15)17/h4-8,10H,2,11H2,1,3H3/b13-8-. The van der Waals surface area contributed by atoms with E-state index in [1.165, 1.54) is 0 Å². The quantitative estimate of drug-likeness (QED) is 0.508. The Balaban J connectivity index is 2.22. The van der Waals surface area contributed by atoms with Crippen molar-refractivity contribution in [2.24, 2.45) is 4.99 Å². The number of benzene rings is 1. The molecule has 0 N–H and O–H groups in total. The smallest absolute Gasteiger partial charge is 0.141 e. The molecule has 0 atom stereocenters. The van der Waals surface area contributed by atoms with Crippen LogP contribution in [0.1, 0.15) is 11.3 Å². The molecule has 0 spiro atoms. The maximum Gasteiger partial charge on any atom is 0.141 e. The molecule has 0 saturated carbocycles. The van der Waals surface area contributed by atoms with Crippen LogP contribution in [0.3, 0.4) is 0 Å². The van der Waals surface area contributed by atoms with Crippen molar-refractivity contribution in [2.75, 3.05) is 6.26 Å². The van der Waals surface area contributed by atoms with Crippen molar-refractivity contribution in [3.05, 3.63) is 47.5 Å². The van der Waals surface area contributed by atoms with Gasteiger partial charge in [0, 0.05) is 22.6 Å². The zero-order chi connectivity index (χ0) is 17.1. The highest BCUT2D eigenvalue weighted by molar-refractivity contribution is 7.97. The van der Waals surface area contributed by atoms with Gasteiger partial charge in [-0.1, -0.05) is 18.2 Å². The highest BCUT2D eigenvalue weighted by Crippen LogP contribution is 2.33. The zero-order valence-electron chi connectivity index (χ0n) is 13.5. The summed E-state index contributed by atoms with van der Waals surface area (Å²) in [5.74, 6) is 0.679. The number of fused-ring (bicyclic) bond motifs is 1. The van der Waals surface area contributed by atoms with Crippen LogP contribution in [0.5, 0.6) is 0 Å². The van der Waals surface area contributed by atoms with E-state index in [2.05, 4.69) is 11.7 Å². The summed E-state index contributed by atoms with van der Waals surface area (Å²) in [6.45, 7) is 5.43. The molecule has 120 valence electrons. The third-order valence-electron chi connectivity index (χ3n) is 3.78. The Kier molecular flexibility index (Phi) is 4.54. The van der Waals surface area contributed by atoms with Crippen molar-refractivity contribution in [2.45, 2.75) is 12.8 Å². The van der Waals surface area contributed by atoms with Gasteiger partial charge in [-0.3, -0.25) is 9.67 Å². The molecule has 0 bridgehead atoms. The van der Waals surface area contributed by atoms with Crippen molar-refractivity contribution in [3.8, 4) is 17.3 Å². The van der Waals surface area contributed by atoms with Crippen LogP contribution in [0, 0.1) is 18.3 Å². The van der Waals surface area contributed by atoms with Gasteiger partial charge < -0.3 is 4.42 Å². The number of nitrogens with zero attached hydrogens (tertiary/aromatic N) is 4. The number of furan rings is 1. The topological polar surface area (TPSA) is 67.1 Å². The second-order valence-electron chi connectivity index (χ2n) is 5.22. The van der Waals surface area contributed by atoms with E-state index < -0.39 is 0 Å². The summed E-state index contributed by atoms with van der Waals surface area (Å²) in [5, 5.41) is 14.9. The summed E-state index contributed by atoms with van der Waals surface area (Å²) in [4.78, 5) is 3.75. The van der Waals surface area contributed by atoms with Crippen molar-refractivity contribution in [3.63, 3.8) is 0 Å². The Hall–Kier alpha value is -2.78. The molecule has 2 heterocycles. The van der Waals surface area contributed by atoms with Gasteiger partial charge in [-0.25, -0.2) is 0 Å². The molecule has 1 aromatic carbocycles. The van der Waals surface area contributed by atoms with Gasteiger partial charge in [0.15, 0.2) is 0 Å². The number of hydrogen-bond acceptors (Lipinski definition) is 5. The van der Waals surface area contributed by atoms with Crippen LogP contribution in [0.25, 0.3) is 28.3 Å². The summed E-state index contributed by atoms with van der Waals surface area (Å²) >= 11 is 1.65. The van der Waals surface area contributed by atoms with Crippen LogP contribution in [0.2, 0.25) is 0 Å². The Labute approximate surface area is 144 Å². The van der Waals surface area contributed by atoms with Gasteiger partial charge in [0.25, 0.3) is 0 Å². The van der Waals surface area contributed by atoms with Crippen LogP contribution < -0.4 is 0 Å². The number of para-hydroxylation sites is 1. The molecule has 6 heteroatoms. The fourth-order valence-corrected chi connectivity index (χ4v) is 3.07. The Morgan fingerprint density at radius 1 is 1.50 bits per heavy atom. The molecule has 0 fully saturated rings. The van der Waals surface area contributed by atoms with Gasteiger partial charge in [-0.15, -0.1) is 11.8 Å². The van der Waals surface area contributed by atoms with E-state index in [4.69, 9.17) is 14.8 Å². The Bertz CT molecular complexity index is 975. The summed E-state index contributed by atoms with van der Waals surface area (Å²) in [5.41, 5.74) is 4.72. The van der Waals surface area contributed by atoms with Crippen LogP contribution in [-0.4, -0.2) is 22.8 Å². The lowest BCUT2D eigenvalue weighted by molar-refractivity contribution is 0.616. The number of allylic oxidation sites excluding steroid dienone is 1. The third kappa shape index (κ3) is 2.74. The predicted octanol–water partition coefficient (Wildman–Crippen LogP) is 4.49. The van der Waals surface area contributed by atoms with E-state index in [1.807, 2.05) is 48.2 Å². The molecule has 2 aromatic heterocycles. The second kappa shape index (κ2) is 6.77. The summed E-state index contributed by atoms with van der Waals surface area (Å²) in [7, 11) is 0. The second-order valence-corrected chi connectivity index (χ2v) is 6.06. The van der Waals surface area contributed by atoms with Crippen LogP contribution in [0.4, 0.5) is 0 Å². The maximum atomic E-state index is 9.13. The van der Waals surface area contributed by atoms with Crippen molar-refractivity contribution < 1.29 is 4.42 Å². The average Bonchev–Trinajstić information content (AvgIpc) is 3.15. The fraction of sp³-hybridized carbons (Fsp3) is 0.167. The van der Waals surface area contributed by atoms with Crippen LogP contribution in [0.15, 0.2) is 45.6 Å². The van der Waals surface area contributed by atoms with Crippen molar-refractivity contribution in [1.82, 2.24) is 9.78 Å². The minimum Gasteiger partial charge on any atom is -0.464 e. The van der Waals surface area contributed by atoms with E-state index in [1.54, 1.807) is 24.1 Å². The molecular weight excluding hydrogens is 320 g/mol. The first-order valence-corrected chi connectivity index (χ1v) is 8.70. The van der Waals surface area contributed by atoms with E-state index >= 15 is 0 Å². The average molecular weight is 336 g/mol. The first kappa shape index (κ1) is 16.1. The van der Waals surface area contributed by atoms with Gasteiger partial charge in [-0.05, 0) is 26.0 Å². The van der Waals surface area contributed by atoms with Gasteiger partial charge in [-0.2, -0.15) is 10.4 Å². The normalized spacial score (nSPS) is 11.6. The molecular formula is C18H16N4OS. The Morgan fingerprint density at radius 3 is 3.00 bits per heavy atom. The summed E-state index contributed by atoms with van der Waals surface area (Å²) in [6, 6.07) is 9.91. The van der Waals surface area contributed by atoms with E-state index in [9.17, 15) is 0 Å². The molecule has 0 radical (unpaired) electrons. The number of rotatable bonds is 5. The first-order valence-electron chi connectivity index (χ1n) is 7.31. The van der Waals surface area contributed by atoms with Crippen LogP contribution in [-0.2, 0) is 5.88 Å². The molecule has 5 nitrogen and oxygen atoms in total. The molecule has 0 amide bonds. The number of nitriles is 1. The predicted molar refractivity (Wildman–Crippen MR) is 98.8 cm³/mol. The van der Waals surface area contributed by atoms with Crippen molar-refractivity contribution >= 4 is 35.5 Å². The molecule has 3 rings (SSSR count). The lowest BCUT2D eigenvalue weighted by Gasteiger charge is -2.02. The molecule has 0 saturated heterocycles. The molecule has 3 aromatic rings. The molecule has 0 aliphatic rings. The van der Waals surface area contributed by atoms with E-state index in [0.29, 0.717) is 5.88 Å². The number of aromatic nitrogens is 2. The number of hydrogen-bond donors (Lipinski definition) is 0. The molecule has 0 aliphatic heterocycles. The highest BCUT2D eigenvalue weighted by Gasteiger charge is 2.18. The first-order chi connectivity index (χ1) is 11.7. The Morgan fingerprint density at radius 2 is 2.29 bits per heavy atom. The van der Waals surface area contributed by atoms with E-state index in [0.717, 1.165) is 33.5 Å². The number of aliphatic imine (C=N–C) groups is 1. The van der Waals surface area contributed by atoms with Gasteiger partial charge in [0.05, 0.1) is 17.3 Å². The SMILES string of the molecule is C=N/C(C#N)=C\c1c(C)c(-c2coc3ccccc23)nn1CSC.